The minimum absolute atomic E-state index is 0.679. The number of nitrogens with zero attached hydrogens (tertiary/aromatic N) is 1. The fourth-order valence-corrected chi connectivity index (χ4v) is 2.02. The summed E-state index contributed by atoms with van der Waals surface area (Å²) in [5, 5.41) is 10.2. The molecule has 4 nitrogen and oxygen atoms in total. The number of nitrogens with one attached hydrogen (secondary N) is 2. The van der Waals surface area contributed by atoms with E-state index in [1.165, 1.54) is 32.1 Å². The first-order valence-corrected chi connectivity index (χ1v) is 5.37. The lowest BCUT2D eigenvalue weighted by atomic mass is 9.95. The zero-order chi connectivity index (χ0) is 9.80. The molecule has 1 aromatic heterocycles. The van der Waals surface area contributed by atoms with E-state index in [4.69, 9.17) is 5.73 Å². The van der Waals surface area contributed by atoms with Crippen molar-refractivity contribution in [2.45, 2.75) is 44.7 Å². The van der Waals surface area contributed by atoms with E-state index in [1.807, 2.05) is 0 Å². The number of rotatable bonds is 3. The zero-order valence-electron chi connectivity index (χ0n) is 8.42. The Balaban J connectivity index is 1.79. The summed E-state index contributed by atoms with van der Waals surface area (Å²) in [5.74, 6) is 0.688. The summed E-state index contributed by atoms with van der Waals surface area (Å²) in [6, 6.07) is 0.679. The van der Waals surface area contributed by atoms with Crippen LogP contribution >= 0.6 is 0 Å². The fourth-order valence-electron chi connectivity index (χ4n) is 2.02. The number of aromatic amines is 1. The van der Waals surface area contributed by atoms with Crippen LogP contribution in [0.15, 0.2) is 6.20 Å². The molecule has 0 bridgehead atoms. The number of nitrogen functional groups attached to an aromatic ring is 1. The fraction of sp³-hybridized carbons (Fsp3) is 0.700. The van der Waals surface area contributed by atoms with Crippen LogP contribution in [-0.2, 0) is 6.54 Å². The maximum absolute atomic E-state index is 5.70. The van der Waals surface area contributed by atoms with Gasteiger partial charge in [0.1, 0.15) is 5.82 Å². The number of nitrogens with two attached hydrogens (primary N) is 1. The van der Waals surface area contributed by atoms with Crippen molar-refractivity contribution in [1.82, 2.24) is 15.5 Å². The molecular formula is C10H18N4. The van der Waals surface area contributed by atoms with Gasteiger partial charge in [0.15, 0.2) is 0 Å². The van der Waals surface area contributed by atoms with E-state index in [2.05, 4.69) is 15.5 Å². The Kier molecular flexibility index (Phi) is 3.03. The second-order valence-corrected chi connectivity index (χ2v) is 4.02. The molecule has 1 fully saturated rings. The molecule has 0 aliphatic heterocycles. The highest BCUT2D eigenvalue weighted by Crippen LogP contribution is 2.18. The van der Waals surface area contributed by atoms with Crippen molar-refractivity contribution in [2.24, 2.45) is 0 Å². The second-order valence-electron chi connectivity index (χ2n) is 4.02. The molecule has 1 aromatic rings. The van der Waals surface area contributed by atoms with Crippen LogP contribution in [0.5, 0.6) is 0 Å². The smallest absolute Gasteiger partial charge is 0.123 e. The standard InChI is InChI=1S/C10H18N4/c11-10-8(7-13-14-10)6-12-9-4-2-1-3-5-9/h7,9,12H,1-6H2,(H3,11,13,14). The minimum Gasteiger partial charge on any atom is -0.384 e. The van der Waals surface area contributed by atoms with Gasteiger partial charge in [-0.2, -0.15) is 5.10 Å². The lowest BCUT2D eigenvalue weighted by molar-refractivity contribution is 0.372. The van der Waals surface area contributed by atoms with E-state index in [0.29, 0.717) is 11.9 Å². The van der Waals surface area contributed by atoms with Gasteiger partial charge in [-0.15, -0.1) is 0 Å². The number of anilines is 1. The molecule has 1 heterocycles. The topological polar surface area (TPSA) is 66.7 Å². The predicted octanol–water partition coefficient (Wildman–Crippen LogP) is 1.41. The monoisotopic (exact) mass is 194 g/mol. The number of hydrogen-bond donors (Lipinski definition) is 3. The van der Waals surface area contributed by atoms with Crippen LogP contribution in [0, 0.1) is 0 Å². The van der Waals surface area contributed by atoms with Crippen molar-refractivity contribution in [3.05, 3.63) is 11.8 Å². The van der Waals surface area contributed by atoms with Gasteiger partial charge >= 0.3 is 0 Å². The molecule has 1 aliphatic carbocycles. The maximum atomic E-state index is 5.70. The van der Waals surface area contributed by atoms with E-state index in [9.17, 15) is 0 Å². The SMILES string of the molecule is Nc1[nH]ncc1CNC1CCCCC1. The van der Waals surface area contributed by atoms with Gasteiger partial charge < -0.3 is 11.1 Å². The van der Waals surface area contributed by atoms with E-state index >= 15 is 0 Å². The normalized spacial score (nSPS) is 18.6. The largest absolute Gasteiger partial charge is 0.384 e. The molecule has 4 N–H and O–H groups in total. The highest BCUT2D eigenvalue weighted by Gasteiger charge is 2.12. The Morgan fingerprint density at radius 1 is 1.43 bits per heavy atom. The third-order valence-corrected chi connectivity index (χ3v) is 2.94. The van der Waals surface area contributed by atoms with Crippen LogP contribution in [-0.4, -0.2) is 16.2 Å². The van der Waals surface area contributed by atoms with Gasteiger partial charge in [0.25, 0.3) is 0 Å². The Hall–Kier alpha value is -1.03. The second kappa shape index (κ2) is 4.46. The van der Waals surface area contributed by atoms with Crippen molar-refractivity contribution in [3.8, 4) is 0 Å². The highest BCUT2D eigenvalue weighted by molar-refractivity contribution is 5.36. The lowest BCUT2D eigenvalue weighted by Gasteiger charge is -2.22. The number of aromatic nitrogens is 2. The number of H-pyrrole nitrogens is 1. The van der Waals surface area contributed by atoms with Gasteiger partial charge in [-0.3, -0.25) is 5.10 Å². The summed E-state index contributed by atoms with van der Waals surface area (Å²) in [6.45, 7) is 0.840. The Morgan fingerprint density at radius 2 is 2.21 bits per heavy atom. The summed E-state index contributed by atoms with van der Waals surface area (Å²) in [5.41, 5.74) is 6.78. The summed E-state index contributed by atoms with van der Waals surface area (Å²) in [4.78, 5) is 0. The Morgan fingerprint density at radius 3 is 2.86 bits per heavy atom. The summed E-state index contributed by atoms with van der Waals surface area (Å²) in [6.07, 6.45) is 8.52. The van der Waals surface area contributed by atoms with E-state index in [-0.39, 0.29) is 0 Å². The lowest BCUT2D eigenvalue weighted by Crippen LogP contribution is -2.30. The maximum Gasteiger partial charge on any atom is 0.123 e. The van der Waals surface area contributed by atoms with Gasteiger partial charge in [-0.05, 0) is 12.8 Å². The van der Waals surface area contributed by atoms with E-state index in [1.54, 1.807) is 6.20 Å². The van der Waals surface area contributed by atoms with Crippen LogP contribution in [0.4, 0.5) is 5.82 Å². The average Bonchev–Trinajstić information content (AvgIpc) is 2.63. The third kappa shape index (κ3) is 2.26. The van der Waals surface area contributed by atoms with Crippen molar-refractivity contribution in [2.75, 3.05) is 5.73 Å². The zero-order valence-corrected chi connectivity index (χ0v) is 8.42. The highest BCUT2D eigenvalue weighted by atomic mass is 15.1. The van der Waals surface area contributed by atoms with E-state index < -0.39 is 0 Å². The predicted molar refractivity (Wildman–Crippen MR) is 56.7 cm³/mol. The third-order valence-electron chi connectivity index (χ3n) is 2.94. The Labute approximate surface area is 84.3 Å². The molecule has 0 atom stereocenters. The molecule has 0 spiro atoms. The van der Waals surface area contributed by atoms with Gasteiger partial charge in [0.2, 0.25) is 0 Å². The van der Waals surface area contributed by atoms with Crippen molar-refractivity contribution >= 4 is 5.82 Å². The van der Waals surface area contributed by atoms with Gasteiger partial charge in [-0.1, -0.05) is 19.3 Å². The number of hydrogen-bond acceptors (Lipinski definition) is 3. The summed E-state index contributed by atoms with van der Waals surface area (Å²) < 4.78 is 0. The molecule has 1 saturated carbocycles. The quantitative estimate of drug-likeness (QED) is 0.681. The summed E-state index contributed by atoms with van der Waals surface area (Å²) in [7, 11) is 0. The molecule has 1 aliphatic rings. The van der Waals surface area contributed by atoms with Crippen LogP contribution in [0.3, 0.4) is 0 Å². The van der Waals surface area contributed by atoms with Crippen molar-refractivity contribution in [3.63, 3.8) is 0 Å². The first kappa shape index (κ1) is 9.52. The molecule has 4 heteroatoms. The Bertz CT molecular complexity index is 275. The molecule has 14 heavy (non-hydrogen) atoms. The van der Waals surface area contributed by atoms with Gasteiger partial charge in [0.05, 0.1) is 6.20 Å². The van der Waals surface area contributed by atoms with Crippen LogP contribution in [0.1, 0.15) is 37.7 Å². The molecule has 0 unspecified atom stereocenters. The first-order valence-electron chi connectivity index (χ1n) is 5.37. The average molecular weight is 194 g/mol. The van der Waals surface area contributed by atoms with Crippen LogP contribution in [0.25, 0.3) is 0 Å². The molecular weight excluding hydrogens is 176 g/mol. The molecule has 0 aromatic carbocycles. The van der Waals surface area contributed by atoms with Gasteiger partial charge in [0, 0.05) is 18.2 Å². The van der Waals surface area contributed by atoms with E-state index in [0.717, 1.165) is 12.1 Å². The molecule has 0 saturated heterocycles. The van der Waals surface area contributed by atoms with Crippen LogP contribution < -0.4 is 11.1 Å². The molecule has 0 amide bonds. The van der Waals surface area contributed by atoms with Crippen molar-refractivity contribution < 1.29 is 0 Å². The molecule has 0 radical (unpaired) electrons. The summed E-state index contributed by atoms with van der Waals surface area (Å²) >= 11 is 0. The molecule has 2 rings (SSSR count). The van der Waals surface area contributed by atoms with Crippen LogP contribution in [0.2, 0.25) is 0 Å². The first-order chi connectivity index (χ1) is 6.86. The molecule has 78 valence electrons. The van der Waals surface area contributed by atoms with Gasteiger partial charge in [-0.25, -0.2) is 0 Å². The van der Waals surface area contributed by atoms with Crippen molar-refractivity contribution in [1.29, 1.82) is 0 Å². The minimum atomic E-state index is 0.679.